The van der Waals surface area contributed by atoms with E-state index in [1.54, 1.807) is 13.0 Å². The average molecular weight is 523 g/mol. The van der Waals surface area contributed by atoms with Crippen LogP contribution < -0.4 is 0 Å². The van der Waals surface area contributed by atoms with Crippen LogP contribution in [-0.2, 0) is 0 Å². The summed E-state index contributed by atoms with van der Waals surface area (Å²) in [5, 5.41) is 0. The molecular weight excluding hydrogens is 477 g/mol. The van der Waals surface area contributed by atoms with Gasteiger partial charge in [-0.05, 0) is 103 Å². The lowest BCUT2D eigenvalue weighted by Crippen LogP contribution is -1.88. The minimum Gasteiger partial charge on any atom is -0.207 e. The van der Waals surface area contributed by atoms with Crippen LogP contribution >= 0.6 is 0 Å². The molecular formula is C35H45F3. The van der Waals surface area contributed by atoms with E-state index in [2.05, 4.69) is 77.1 Å². The van der Waals surface area contributed by atoms with Crippen molar-refractivity contribution >= 4 is 0 Å². The molecule has 0 saturated carbocycles. The van der Waals surface area contributed by atoms with Gasteiger partial charge in [0.05, 0.1) is 0 Å². The predicted octanol–water partition coefficient (Wildman–Crippen LogP) is 11.0. The second-order valence-corrected chi connectivity index (χ2v) is 9.42. The summed E-state index contributed by atoms with van der Waals surface area (Å²) in [7, 11) is 0. The van der Waals surface area contributed by atoms with Gasteiger partial charge < -0.3 is 0 Å². The van der Waals surface area contributed by atoms with Gasteiger partial charge in [0, 0.05) is 0 Å². The van der Waals surface area contributed by atoms with Crippen LogP contribution in [0.25, 0.3) is 0 Å². The average Bonchev–Trinajstić information content (AvgIpc) is 2.84. The van der Waals surface area contributed by atoms with Crippen molar-refractivity contribution in [3.8, 4) is 0 Å². The number of rotatable bonds is 0. The maximum absolute atomic E-state index is 12.6. The molecule has 0 nitrogen and oxygen atoms in total. The van der Waals surface area contributed by atoms with Crippen LogP contribution in [0.3, 0.4) is 0 Å². The SMILES string of the molecule is CC.Cc1cc(C)cc(C)c1.Cc1cc(F)c(C)cc1F.Cc1ccc(C)c(F)c1.Cc1ccc(C)cc1. The number of benzene rings is 4. The fourth-order valence-corrected chi connectivity index (χ4v) is 3.28. The van der Waals surface area contributed by atoms with Crippen molar-refractivity contribution in [3.63, 3.8) is 0 Å². The summed E-state index contributed by atoms with van der Waals surface area (Å²) in [6.07, 6.45) is 0. The molecule has 0 saturated heterocycles. The van der Waals surface area contributed by atoms with Gasteiger partial charge in [0.15, 0.2) is 0 Å². The highest BCUT2D eigenvalue weighted by Crippen LogP contribution is 2.12. The third-order valence-corrected chi connectivity index (χ3v) is 5.35. The minimum atomic E-state index is -0.348. The van der Waals surface area contributed by atoms with Gasteiger partial charge >= 0.3 is 0 Å². The van der Waals surface area contributed by atoms with Gasteiger partial charge in [0.1, 0.15) is 17.5 Å². The first-order valence-corrected chi connectivity index (χ1v) is 13.0. The van der Waals surface area contributed by atoms with Crippen LogP contribution in [0.15, 0.2) is 72.8 Å². The Balaban J connectivity index is 0.000000471. The van der Waals surface area contributed by atoms with Crippen molar-refractivity contribution in [1.82, 2.24) is 0 Å². The molecule has 3 heteroatoms. The molecule has 0 heterocycles. The fourth-order valence-electron chi connectivity index (χ4n) is 3.28. The van der Waals surface area contributed by atoms with Crippen molar-refractivity contribution in [3.05, 3.63) is 140 Å². The van der Waals surface area contributed by atoms with Crippen LogP contribution in [0.2, 0.25) is 0 Å². The standard InChI is InChI=1S/C9H12.C8H8F2.C8H9F.C8H10.C2H6/c1-7-4-8(2)6-9(3)5-7;1-5-3-8(10)6(2)4-7(5)9;1-6-3-4-7(2)8(9)5-6;1-7-3-5-8(2)6-4-7;1-2/h4-6H,1-3H3;3-4H,1-2H3;3-5H,1-2H3;3-6H,1-2H3;1-2H3. The highest BCUT2D eigenvalue weighted by Gasteiger charge is 2.01. The van der Waals surface area contributed by atoms with Gasteiger partial charge in [0.25, 0.3) is 0 Å². The first kappa shape index (κ1) is 34.7. The molecule has 0 fully saturated rings. The van der Waals surface area contributed by atoms with E-state index in [0.29, 0.717) is 16.7 Å². The zero-order valence-electron chi connectivity index (χ0n) is 25.1. The van der Waals surface area contributed by atoms with E-state index in [9.17, 15) is 13.2 Å². The van der Waals surface area contributed by atoms with Crippen LogP contribution in [0, 0.1) is 79.8 Å². The van der Waals surface area contributed by atoms with Gasteiger partial charge in [-0.2, -0.15) is 0 Å². The monoisotopic (exact) mass is 522 g/mol. The number of hydrogen-bond donors (Lipinski definition) is 0. The molecule has 0 aliphatic rings. The predicted molar refractivity (Wildman–Crippen MR) is 160 cm³/mol. The van der Waals surface area contributed by atoms with E-state index >= 15 is 0 Å². The van der Waals surface area contributed by atoms with E-state index in [1.165, 1.54) is 59.9 Å². The molecule has 0 radical (unpaired) electrons. The molecule has 0 N–H and O–H groups in total. The third kappa shape index (κ3) is 14.4. The largest absolute Gasteiger partial charge is 0.207 e. The van der Waals surface area contributed by atoms with Crippen LogP contribution in [0.1, 0.15) is 63.9 Å². The quantitative estimate of drug-likeness (QED) is 0.215. The van der Waals surface area contributed by atoms with Crippen LogP contribution in [-0.4, -0.2) is 0 Å². The Labute approximate surface area is 229 Å². The Morgan fingerprint density at radius 1 is 0.316 bits per heavy atom. The first-order valence-electron chi connectivity index (χ1n) is 13.0. The van der Waals surface area contributed by atoms with E-state index in [1.807, 2.05) is 26.8 Å². The van der Waals surface area contributed by atoms with Crippen molar-refractivity contribution in [2.45, 2.75) is 76.2 Å². The Morgan fingerprint density at radius 3 is 0.895 bits per heavy atom. The summed E-state index contributed by atoms with van der Waals surface area (Å²) >= 11 is 0. The Hall–Kier alpha value is -3.33. The Kier molecular flexibility index (Phi) is 16.4. The summed E-state index contributed by atoms with van der Waals surface area (Å²) in [5.41, 5.74) is 9.10. The van der Waals surface area contributed by atoms with Crippen molar-refractivity contribution in [2.75, 3.05) is 0 Å². The summed E-state index contributed by atoms with van der Waals surface area (Å²) in [4.78, 5) is 0. The van der Waals surface area contributed by atoms with Crippen molar-refractivity contribution < 1.29 is 13.2 Å². The smallest absolute Gasteiger partial charge is 0.126 e. The fraction of sp³-hybridized carbons (Fsp3) is 0.314. The summed E-state index contributed by atoms with van der Waals surface area (Å²) in [6.45, 7) is 21.3. The molecule has 0 aromatic heterocycles. The Bertz CT molecular complexity index is 1120. The van der Waals surface area contributed by atoms with Gasteiger partial charge in [-0.25, -0.2) is 13.2 Å². The van der Waals surface area contributed by atoms with Gasteiger partial charge in [-0.15, -0.1) is 0 Å². The first-order chi connectivity index (χ1) is 17.8. The second kappa shape index (κ2) is 18.0. The maximum atomic E-state index is 12.6. The maximum Gasteiger partial charge on any atom is 0.126 e. The third-order valence-electron chi connectivity index (χ3n) is 5.35. The normalized spacial score (nSPS) is 9.32. The molecule has 0 aliphatic carbocycles. The number of halogens is 3. The molecule has 0 bridgehead atoms. The lowest BCUT2D eigenvalue weighted by atomic mass is 10.1. The molecule has 0 unspecified atom stereocenters. The molecule has 4 rings (SSSR count). The molecule has 0 aliphatic heterocycles. The molecule has 0 atom stereocenters. The molecule has 0 amide bonds. The molecule has 38 heavy (non-hydrogen) atoms. The summed E-state index contributed by atoms with van der Waals surface area (Å²) in [6, 6.07) is 22.7. The highest BCUT2D eigenvalue weighted by molar-refractivity contribution is 5.27. The van der Waals surface area contributed by atoms with Gasteiger partial charge in [0.2, 0.25) is 0 Å². The number of aryl methyl sites for hydroxylation is 9. The van der Waals surface area contributed by atoms with Crippen molar-refractivity contribution in [1.29, 1.82) is 0 Å². The van der Waals surface area contributed by atoms with Crippen LogP contribution in [0.5, 0.6) is 0 Å². The van der Waals surface area contributed by atoms with Gasteiger partial charge in [-0.3, -0.25) is 0 Å². The van der Waals surface area contributed by atoms with E-state index in [0.717, 1.165) is 5.56 Å². The summed E-state index contributed by atoms with van der Waals surface area (Å²) in [5.74, 6) is -0.812. The zero-order chi connectivity index (χ0) is 29.4. The Morgan fingerprint density at radius 2 is 0.605 bits per heavy atom. The van der Waals surface area contributed by atoms with Crippen LogP contribution in [0.4, 0.5) is 13.2 Å². The van der Waals surface area contributed by atoms with Gasteiger partial charge in [-0.1, -0.05) is 96.3 Å². The molecule has 4 aromatic carbocycles. The second-order valence-electron chi connectivity index (χ2n) is 9.42. The topological polar surface area (TPSA) is 0 Å². The molecule has 206 valence electrons. The van der Waals surface area contributed by atoms with E-state index in [4.69, 9.17) is 0 Å². The lowest BCUT2D eigenvalue weighted by Gasteiger charge is -1.98. The highest BCUT2D eigenvalue weighted by atomic mass is 19.1. The van der Waals surface area contributed by atoms with Crippen molar-refractivity contribution in [2.24, 2.45) is 0 Å². The molecule has 4 aromatic rings. The molecule has 0 spiro atoms. The van der Waals surface area contributed by atoms with E-state index in [-0.39, 0.29) is 17.5 Å². The number of hydrogen-bond acceptors (Lipinski definition) is 0. The summed E-state index contributed by atoms with van der Waals surface area (Å²) < 4.78 is 37.8. The zero-order valence-corrected chi connectivity index (χ0v) is 25.1. The minimum absolute atomic E-state index is 0.116. The van der Waals surface area contributed by atoms with E-state index < -0.39 is 0 Å². The lowest BCUT2D eigenvalue weighted by molar-refractivity contribution is 0.585.